The van der Waals surface area contributed by atoms with Gasteiger partial charge in [-0.15, -0.1) is 0 Å². The second-order valence-corrected chi connectivity index (χ2v) is 9.65. The van der Waals surface area contributed by atoms with Crippen LogP contribution < -0.4 is 10.6 Å². The van der Waals surface area contributed by atoms with Gasteiger partial charge in [-0.25, -0.2) is 9.78 Å². The summed E-state index contributed by atoms with van der Waals surface area (Å²) in [5.41, 5.74) is 4.28. The van der Waals surface area contributed by atoms with Crippen molar-refractivity contribution in [2.75, 3.05) is 18.5 Å². The van der Waals surface area contributed by atoms with Crippen LogP contribution in [0.1, 0.15) is 25.7 Å². The SMILES string of the molecule is O=C(Nc1nc2ccc(-c3cnc4ccn(C(=O)NC5CCOCC5)c4c3)cc2s1)C1CC1. The number of hydrogen-bond donors (Lipinski definition) is 2. The van der Waals surface area contributed by atoms with Gasteiger partial charge in [0.1, 0.15) is 0 Å². The van der Waals surface area contributed by atoms with E-state index >= 15 is 0 Å². The second kappa shape index (κ2) is 8.24. The van der Waals surface area contributed by atoms with Crippen LogP contribution in [-0.4, -0.2) is 45.7 Å². The molecule has 3 aromatic heterocycles. The fourth-order valence-corrected chi connectivity index (χ4v) is 5.05. The molecule has 1 saturated carbocycles. The van der Waals surface area contributed by atoms with Crippen LogP contribution in [0.3, 0.4) is 0 Å². The molecule has 4 heterocycles. The summed E-state index contributed by atoms with van der Waals surface area (Å²) in [6.45, 7) is 1.35. The Labute approximate surface area is 194 Å². The van der Waals surface area contributed by atoms with Crippen LogP contribution in [0.4, 0.5) is 9.93 Å². The Balaban J connectivity index is 1.27. The summed E-state index contributed by atoms with van der Waals surface area (Å²) in [5.74, 6) is 0.203. The van der Waals surface area contributed by atoms with Crippen molar-refractivity contribution >= 4 is 49.7 Å². The third-order valence-corrected chi connectivity index (χ3v) is 7.14. The summed E-state index contributed by atoms with van der Waals surface area (Å²) in [5, 5.41) is 6.66. The highest BCUT2D eigenvalue weighted by atomic mass is 32.1. The van der Waals surface area contributed by atoms with E-state index in [1.54, 1.807) is 10.8 Å². The number of carbonyl (C=O) groups excluding carboxylic acids is 2. The average Bonchev–Trinajstić information content (AvgIpc) is 3.48. The Hall–Kier alpha value is -3.30. The summed E-state index contributed by atoms with van der Waals surface area (Å²) in [7, 11) is 0. The first-order chi connectivity index (χ1) is 16.1. The van der Waals surface area contributed by atoms with Crippen LogP contribution in [0.2, 0.25) is 0 Å². The summed E-state index contributed by atoms with van der Waals surface area (Å²) >= 11 is 1.47. The van der Waals surface area contributed by atoms with E-state index in [0.717, 1.165) is 58.1 Å². The molecule has 8 nitrogen and oxygen atoms in total. The first-order valence-electron chi connectivity index (χ1n) is 11.2. The van der Waals surface area contributed by atoms with E-state index in [1.807, 2.05) is 30.5 Å². The average molecular weight is 462 g/mol. The van der Waals surface area contributed by atoms with Crippen molar-refractivity contribution in [1.82, 2.24) is 19.9 Å². The van der Waals surface area contributed by atoms with E-state index in [-0.39, 0.29) is 23.9 Å². The molecule has 0 bridgehead atoms. The van der Waals surface area contributed by atoms with E-state index in [2.05, 4.69) is 26.7 Å². The first-order valence-corrected chi connectivity index (χ1v) is 12.0. The van der Waals surface area contributed by atoms with Crippen molar-refractivity contribution in [3.8, 4) is 11.1 Å². The zero-order valence-corrected chi connectivity index (χ0v) is 18.7. The Morgan fingerprint density at radius 1 is 1.03 bits per heavy atom. The van der Waals surface area contributed by atoms with Crippen LogP contribution >= 0.6 is 11.3 Å². The van der Waals surface area contributed by atoms with E-state index in [1.165, 1.54) is 11.3 Å². The maximum atomic E-state index is 12.9. The molecule has 1 saturated heterocycles. The molecule has 2 aliphatic rings. The Morgan fingerprint density at radius 2 is 1.88 bits per heavy atom. The fraction of sp³-hybridized carbons (Fsp3) is 0.333. The lowest BCUT2D eigenvalue weighted by atomic mass is 10.1. The summed E-state index contributed by atoms with van der Waals surface area (Å²) in [4.78, 5) is 34.1. The van der Waals surface area contributed by atoms with E-state index in [0.29, 0.717) is 18.3 Å². The van der Waals surface area contributed by atoms with Crippen molar-refractivity contribution < 1.29 is 14.3 Å². The van der Waals surface area contributed by atoms with Gasteiger partial charge in [0.25, 0.3) is 0 Å². The van der Waals surface area contributed by atoms with Gasteiger partial charge in [0.05, 0.1) is 21.3 Å². The van der Waals surface area contributed by atoms with Gasteiger partial charge in [0.2, 0.25) is 5.91 Å². The topological polar surface area (TPSA) is 98.1 Å². The molecule has 2 N–H and O–H groups in total. The molecule has 2 amide bonds. The predicted molar refractivity (Wildman–Crippen MR) is 127 cm³/mol. The Kier molecular flexibility index (Phi) is 5.07. The lowest BCUT2D eigenvalue weighted by Crippen LogP contribution is -2.40. The molecule has 168 valence electrons. The zero-order chi connectivity index (χ0) is 22.4. The first kappa shape index (κ1) is 20.3. The summed E-state index contributed by atoms with van der Waals surface area (Å²) in [6.07, 6.45) is 7.16. The number of fused-ring (bicyclic) bond motifs is 2. The molecule has 1 aromatic carbocycles. The van der Waals surface area contributed by atoms with Gasteiger partial charge in [-0.2, -0.15) is 0 Å². The molecule has 0 spiro atoms. The van der Waals surface area contributed by atoms with E-state index in [4.69, 9.17) is 4.74 Å². The predicted octanol–water partition coefficient (Wildman–Crippen LogP) is 4.40. The molecular weight excluding hydrogens is 438 g/mol. The van der Waals surface area contributed by atoms with Crippen LogP contribution in [0.15, 0.2) is 42.7 Å². The van der Waals surface area contributed by atoms with Crippen LogP contribution in [0.25, 0.3) is 32.4 Å². The largest absolute Gasteiger partial charge is 0.381 e. The molecule has 1 aliphatic heterocycles. The maximum absolute atomic E-state index is 12.9. The van der Waals surface area contributed by atoms with Gasteiger partial charge in [0, 0.05) is 43.1 Å². The maximum Gasteiger partial charge on any atom is 0.326 e. The molecule has 9 heteroatoms. The minimum atomic E-state index is -0.148. The zero-order valence-electron chi connectivity index (χ0n) is 17.9. The van der Waals surface area contributed by atoms with Crippen molar-refractivity contribution in [3.63, 3.8) is 0 Å². The number of amides is 2. The van der Waals surface area contributed by atoms with Crippen LogP contribution in [0.5, 0.6) is 0 Å². The van der Waals surface area contributed by atoms with Gasteiger partial charge in [0.15, 0.2) is 5.13 Å². The highest BCUT2D eigenvalue weighted by Crippen LogP contribution is 2.34. The van der Waals surface area contributed by atoms with Crippen molar-refractivity contribution in [2.24, 2.45) is 5.92 Å². The molecule has 2 fully saturated rings. The highest BCUT2D eigenvalue weighted by Gasteiger charge is 2.30. The fourth-order valence-electron chi connectivity index (χ4n) is 4.14. The molecule has 33 heavy (non-hydrogen) atoms. The number of aromatic nitrogens is 3. The van der Waals surface area contributed by atoms with Gasteiger partial charge < -0.3 is 15.4 Å². The van der Waals surface area contributed by atoms with Crippen molar-refractivity contribution in [3.05, 3.63) is 42.7 Å². The summed E-state index contributed by atoms with van der Waals surface area (Å²) in [6, 6.07) is 9.82. The van der Waals surface area contributed by atoms with E-state index < -0.39 is 0 Å². The number of ether oxygens (including phenoxy) is 1. The monoisotopic (exact) mass is 461 g/mol. The minimum Gasteiger partial charge on any atom is -0.381 e. The number of carbonyl (C=O) groups is 2. The Morgan fingerprint density at radius 3 is 2.70 bits per heavy atom. The number of hydrogen-bond acceptors (Lipinski definition) is 6. The third-order valence-electron chi connectivity index (χ3n) is 6.21. The van der Waals surface area contributed by atoms with E-state index in [9.17, 15) is 9.59 Å². The molecule has 0 unspecified atom stereocenters. The van der Waals surface area contributed by atoms with Gasteiger partial charge >= 0.3 is 6.03 Å². The van der Waals surface area contributed by atoms with Gasteiger partial charge in [-0.05, 0) is 55.5 Å². The molecule has 6 rings (SSSR count). The normalized spacial score (nSPS) is 16.8. The lowest BCUT2D eigenvalue weighted by Gasteiger charge is -2.23. The van der Waals surface area contributed by atoms with Gasteiger partial charge in [-0.1, -0.05) is 17.4 Å². The number of anilines is 1. The third kappa shape index (κ3) is 4.09. The molecule has 0 atom stereocenters. The number of thiazole rings is 1. The van der Waals surface area contributed by atoms with Crippen LogP contribution in [0, 0.1) is 5.92 Å². The van der Waals surface area contributed by atoms with Gasteiger partial charge in [-0.3, -0.25) is 14.3 Å². The summed E-state index contributed by atoms with van der Waals surface area (Å²) < 4.78 is 7.99. The second-order valence-electron chi connectivity index (χ2n) is 8.62. The molecule has 1 aliphatic carbocycles. The number of nitrogens with one attached hydrogen (secondary N) is 2. The number of nitrogens with zero attached hydrogens (tertiary/aromatic N) is 3. The highest BCUT2D eigenvalue weighted by molar-refractivity contribution is 7.22. The minimum absolute atomic E-state index is 0.0590. The standard InChI is InChI=1S/C24H23N5O3S/c30-22(14-1-2-14)28-23-27-19-4-3-15(12-21(19)33-23)16-11-20-18(25-13-16)5-8-29(20)24(31)26-17-6-9-32-10-7-17/h3-5,8,11-14,17H,1-2,6-7,9-10H2,(H,26,31)(H,27,28,30). The molecule has 4 aromatic rings. The van der Waals surface area contributed by atoms with Crippen LogP contribution in [-0.2, 0) is 9.53 Å². The number of rotatable bonds is 4. The van der Waals surface area contributed by atoms with Crippen molar-refractivity contribution in [1.29, 1.82) is 0 Å². The lowest BCUT2D eigenvalue weighted by molar-refractivity contribution is -0.117. The molecule has 0 radical (unpaired) electrons. The smallest absolute Gasteiger partial charge is 0.326 e. The number of pyridine rings is 1. The number of benzene rings is 1. The molecular formula is C24H23N5O3S. The van der Waals surface area contributed by atoms with Crippen molar-refractivity contribution in [2.45, 2.75) is 31.7 Å². The Bertz CT molecular complexity index is 1370. The quantitative estimate of drug-likeness (QED) is 0.469.